The second-order valence-corrected chi connectivity index (χ2v) is 7.16. The first-order valence-corrected chi connectivity index (χ1v) is 9.39. The molecule has 0 spiro atoms. The summed E-state index contributed by atoms with van der Waals surface area (Å²) in [4.78, 5) is 0. The highest BCUT2D eigenvalue weighted by molar-refractivity contribution is 5.42. The molecule has 5 rings (SSSR count). The monoisotopic (exact) mass is 342 g/mol. The number of para-hydroxylation sites is 1. The lowest BCUT2D eigenvalue weighted by atomic mass is 9.70. The topological polar surface area (TPSA) is 18.5 Å². The summed E-state index contributed by atoms with van der Waals surface area (Å²) in [6.07, 6.45) is 1.09. The molecule has 2 aliphatic heterocycles. The quantitative estimate of drug-likeness (QED) is 0.596. The Morgan fingerprint density at radius 2 is 1.27 bits per heavy atom. The van der Waals surface area contributed by atoms with Gasteiger partial charge >= 0.3 is 0 Å². The van der Waals surface area contributed by atoms with Crippen LogP contribution in [0.3, 0.4) is 0 Å². The van der Waals surface area contributed by atoms with Crippen LogP contribution in [0.2, 0.25) is 0 Å². The van der Waals surface area contributed by atoms with Crippen LogP contribution in [0.1, 0.15) is 41.2 Å². The highest BCUT2D eigenvalue weighted by atomic mass is 16.5. The Morgan fingerprint density at radius 3 is 2.00 bits per heavy atom. The summed E-state index contributed by atoms with van der Waals surface area (Å²) in [7, 11) is 0. The molecule has 3 aromatic rings. The normalized spacial score (nSPS) is 27.1. The van der Waals surface area contributed by atoms with E-state index in [9.17, 15) is 0 Å². The van der Waals surface area contributed by atoms with Gasteiger partial charge in [0, 0.05) is 12.5 Å². The fraction of sp³-hybridized carbons (Fsp3) is 0.250. The lowest BCUT2D eigenvalue weighted by molar-refractivity contribution is -0.0902. The molecular weight excluding hydrogens is 320 g/mol. The van der Waals surface area contributed by atoms with Crippen LogP contribution >= 0.6 is 0 Å². The molecule has 0 unspecified atom stereocenters. The van der Waals surface area contributed by atoms with Crippen molar-refractivity contribution in [3.05, 3.63) is 102 Å². The number of hydrogen-bond acceptors (Lipinski definition) is 2. The predicted molar refractivity (Wildman–Crippen MR) is 102 cm³/mol. The molecule has 130 valence electrons. The van der Waals surface area contributed by atoms with Gasteiger partial charge in [0.15, 0.2) is 0 Å². The van der Waals surface area contributed by atoms with Crippen LogP contribution in [0.15, 0.2) is 84.9 Å². The molecule has 1 saturated heterocycles. The van der Waals surface area contributed by atoms with Gasteiger partial charge in [-0.25, -0.2) is 0 Å². The van der Waals surface area contributed by atoms with E-state index in [1.807, 2.05) is 0 Å². The third kappa shape index (κ3) is 2.62. The fourth-order valence-corrected chi connectivity index (χ4v) is 4.57. The molecule has 26 heavy (non-hydrogen) atoms. The van der Waals surface area contributed by atoms with Crippen molar-refractivity contribution >= 4 is 0 Å². The Labute approximate surface area is 154 Å². The van der Waals surface area contributed by atoms with Gasteiger partial charge in [-0.2, -0.15) is 0 Å². The first kappa shape index (κ1) is 15.7. The maximum Gasteiger partial charge on any atom is 0.130 e. The smallest absolute Gasteiger partial charge is 0.130 e. The van der Waals surface area contributed by atoms with Crippen molar-refractivity contribution in [1.82, 2.24) is 0 Å². The Balaban J connectivity index is 1.64. The summed E-state index contributed by atoms with van der Waals surface area (Å²) < 4.78 is 12.9. The molecule has 0 amide bonds. The molecule has 0 aromatic heterocycles. The van der Waals surface area contributed by atoms with E-state index in [1.54, 1.807) is 0 Å². The van der Waals surface area contributed by atoms with E-state index in [0.717, 1.165) is 18.8 Å². The summed E-state index contributed by atoms with van der Waals surface area (Å²) >= 11 is 0. The zero-order valence-electron chi connectivity index (χ0n) is 14.6. The van der Waals surface area contributed by atoms with Crippen molar-refractivity contribution in [2.75, 3.05) is 6.61 Å². The summed E-state index contributed by atoms with van der Waals surface area (Å²) in [5.41, 5.74) is 3.79. The summed E-state index contributed by atoms with van der Waals surface area (Å²) in [6, 6.07) is 29.7. The van der Waals surface area contributed by atoms with E-state index < -0.39 is 0 Å². The molecule has 0 radical (unpaired) electrons. The van der Waals surface area contributed by atoms with E-state index in [0.29, 0.717) is 5.92 Å². The summed E-state index contributed by atoms with van der Waals surface area (Å²) in [6.45, 7) is 0.788. The molecule has 0 saturated carbocycles. The van der Waals surface area contributed by atoms with E-state index in [-0.39, 0.29) is 18.1 Å². The van der Waals surface area contributed by atoms with Crippen LogP contribution in [0.4, 0.5) is 0 Å². The molecule has 0 bridgehead atoms. The molecule has 3 aromatic carbocycles. The van der Waals surface area contributed by atoms with Crippen LogP contribution in [0.25, 0.3) is 0 Å². The summed E-state index contributed by atoms with van der Waals surface area (Å²) in [5.74, 6) is 1.74. The molecule has 0 aliphatic carbocycles. The Bertz CT molecular complexity index is 875. The molecular formula is C24H22O2. The van der Waals surface area contributed by atoms with Crippen molar-refractivity contribution in [1.29, 1.82) is 0 Å². The number of rotatable bonds is 2. The van der Waals surface area contributed by atoms with Crippen LogP contribution < -0.4 is 4.74 Å². The van der Waals surface area contributed by atoms with Gasteiger partial charge in [0.1, 0.15) is 11.9 Å². The van der Waals surface area contributed by atoms with Crippen molar-refractivity contribution in [2.24, 2.45) is 5.92 Å². The maximum atomic E-state index is 6.56. The molecule has 2 aliphatic rings. The second kappa shape index (κ2) is 6.62. The third-order valence-electron chi connectivity index (χ3n) is 5.72. The van der Waals surface area contributed by atoms with E-state index in [2.05, 4.69) is 84.9 Å². The van der Waals surface area contributed by atoms with Gasteiger partial charge in [0.25, 0.3) is 0 Å². The first-order chi connectivity index (χ1) is 12.9. The van der Waals surface area contributed by atoms with E-state index in [1.165, 1.54) is 16.7 Å². The number of benzene rings is 3. The number of ether oxygens (including phenoxy) is 2. The lowest BCUT2D eigenvalue weighted by Gasteiger charge is -2.46. The molecule has 4 atom stereocenters. The maximum absolute atomic E-state index is 6.56. The van der Waals surface area contributed by atoms with Crippen LogP contribution in [0, 0.1) is 5.92 Å². The predicted octanol–water partition coefficient (Wildman–Crippen LogP) is 5.68. The Hall–Kier alpha value is -2.58. The van der Waals surface area contributed by atoms with Gasteiger partial charge < -0.3 is 9.47 Å². The van der Waals surface area contributed by atoms with Gasteiger partial charge in [-0.1, -0.05) is 78.9 Å². The van der Waals surface area contributed by atoms with Gasteiger partial charge in [0.05, 0.1) is 6.10 Å². The summed E-state index contributed by atoms with van der Waals surface area (Å²) in [5, 5.41) is 0. The first-order valence-electron chi connectivity index (χ1n) is 9.39. The molecule has 2 nitrogen and oxygen atoms in total. The lowest BCUT2D eigenvalue weighted by Crippen LogP contribution is -2.39. The van der Waals surface area contributed by atoms with Crippen molar-refractivity contribution in [3.63, 3.8) is 0 Å². The third-order valence-corrected chi connectivity index (χ3v) is 5.72. The van der Waals surface area contributed by atoms with Gasteiger partial charge in [-0.3, -0.25) is 0 Å². The molecule has 0 N–H and O–H groups in total. The molecule has 2 heteroatoms. The minimum absolute atomic E-state index is 0.00149. The van der Waals surface area contributed by atoms with Crippen molar-refractivity contribution < 1.29 is 9.47 Å². The fourth-order valence-electron chi connectivity index (χ4n) is 4.57. The van der Waals surface area contributed by atoms with Crippen molar-refractivity contribution in [2.45, 2.75) is 24.5 Å². The highest BCUT2D eigenvalue weighted by Gasteiger charge is 2.46. The second-order valence-electron chi connectivity index (χ2n) is 7.16. The van der Waals surface area contributed by atoms with Gasteiger partial charge in [-0.05, 0) is 35.1 Å². The van der Waals surface area contributed by atoms with Crippen LogP contribution in [0.5, 0.6) is 5.75 Å². The zero-order chi connectivity index (χ0) is 17.3. The minimum atomic E-state index is 0.00149. The highest BCUT2D eigenvalue weighted by Crippen LogP contribution is 2.55. The number of fused-ring (bicyclic) bond motifs is 3. The van der Waals surface area contributed by atoms with Gasteiger partial charge in [-0.15, -0.1) is 0 Å². The zero-order valence-corrected chi connectivity index (χ0v) is 14.6. The Kier molecular flexibility index (Phi) is 3.99. The van der Waals surface area contributed by atoms with E-state index >= 15 is 0 Å². The minimum Gasteiger partial charge on any atom is -0.485 e. The number of hydrogen-bond donors (Lipinski definition) is 0. The largest absolute Gasteiger partial charge is 0.485 e. The van der Waals surface area contributed by atoms with Crippen LogP contribution in [-0.2, 0) is 4.74 Å². The SMILES string of the molecule is c1ccc([C@H]2OCC[C@H]3c4ccccc4O[C@@H](c4ccccc4)[C@H]23)cc1. The average Bonchev–Trinajstić information content (AvgIpc) is 2.74. The van der Waals surface area contributed by atoms with E-state index in [4.69, 9.17) is 9.47 Å². The molecule has 2 heterocycles. The van der Waals surface area contributed by atoms with Gasteiger partial charge in [0.2, 0.25) is 0 Å². The van der Waals surface area contributed by atoms with Crippen molar-refractivity contribution in [3.8, 4) is 5.75 Å². The average molecular weight is 342 g/mol. The molecule has 1 fully saturated rings. The standard InChI is InChI=1S/C24H22O2/c1-3-9-17(10-4-1)23-22-20(15-16-25-23)19-13-7-8-14-21(19)26-24(22)18-11-5-2-6-12-18/h1-14,20,22-24H,15-16H2/t20-,22-,23+,24-/m0/s1. The van der Waals surface area contributed by atoms with Crippen LogP contribution in [-0.4, -0.2) is 6.61 Å². The Morgan fingerprint density at radius 1 is 0.654 bits per heavy atom.